The molecule has 0 heterocycles. The maximum atomic E-state index is 4.31. The molecule has 0 unspecified atom stereocenters. The van der Waals surface area contributed by atoms with Gasteiger partial charge < -0.3 is 0 Å². The van der Waals surface area contributed by atoms with Gasteiger partial charge in [0.15, 0.2) is 0 Å². The molecule has 0 bridgehead atoms. The van der Waals surface area contributed by atoms with E-state index in [4.69, 9.17) is 0 Å². The molecule has 1 aliphatic carbocycles. The van der Waals surface area contributed by atoms with Gasteiger partial charge in [-0.2, -0.15) is 12.6 Å². The van der Waals surface area contributed by atoms with E-state index in [0.717, 1.165) is 25.6 Å². The number of aryl methyl sites for hydroxylation is 1. The minimum Gasteiger partial charge on any atom is -0.179 e. The zero-order chi connectivity index (χ0) is 16.8. The van der Waals surface area contributed by atoms with Crippen molar-refractivity contribution in [3.8, 4) is 11.1 Å². The number of unbranched alkanes of at least 4 members (excludes halogenated alkanes) is 1. The van der Waals surface area contributed by atoms with Crippen molar-refractivity contribution in [2.24, 2.45) is 0 Å². The molecule has 0 saturated heterocycles. The molecular weight excluding hydrogens is 500 g/mol. The van der Waals surface area contributed by atoms with Crippen LogP contribution in [0.1, 0.15) is 43.4 Å². The number of fused-ring (bicyclic) bond motifs is 3. The summed E-state index contributed by atoms with van der Waals surface area (Å²) in [6.07, 6.45) is 3.51. The highest BCUT2D eigenvalue weighted by molar-refractivity contribution is 9.14. The second-order valence-electron chi connectivity index (χ2n) is 6.59. The van der Waals surface area contributed by atoms with Crippen molar-refractivity contribution in [2.45, 2.75) is 38.5 Å². The first-order valence-corrected chi connectivity index (χ1v) is 10.8. The summed E-state index contributed by atoms with van der Waals surface area (Å²) in [6.45, 7) is 4.64. The van der Waals surface area contributed by atoms with Gasteiger partial charge in [0.1, 0.15) is 0 Å². The predicted molar refractivity (Wildman–Crippen MR) is 114 cm³/mol. The maximum absolute atomic E-state index is 4.31. The quantitative estimate of drug-likeness (QED) is 0.241. The summed E-state index contributed by atoms with van der Waals surface area (Å²) in [5, 5.41) is 0. The van der Waals surface area contributed by atoms with Crippen molar-refractivity contribution in [2.75, 3.05) is 5.75 Å². The molecule has 23 heavy (non-hydrogen) atoms. The Morgan fingerprint density at radius 3 is 2.39 bits per heavy atom. The van der Waals surface area contributed by atoms with Crippen LogP contribution in [-0.2, 0) is 11.8 Å². The maximum Gasteiger partial charge on any atom is 0.0463 e. The summed E-state index contributed by atoms with van der Waals surface area (Å²) in [5.74, 6) is 0.969. The van der Waals surface area contributed by atoms with Crippen molar-refractivity contribution in [1.82, 2.24) is 0 Å². The molecular formula is C19H19Br3S. The van der Waals surface area contributed by atoms with Crippen LogP contribution in [0.25, 0.3) is 11.1 Å². The Balaban J connectivity index is 2.10. The third-order valence-electron chi connectivity index (χ3n) is 4.71. The van der Waals surface area contributed by atoms with E-state index in [1.54, 1.807) is 0 Å². The van der Waals surface area contributed by atoms with Crippen LogP contribution >= 0.6 is 60.4 Å². The van der Waals surface area contributed by atoms with Crippen molar-refractivity contribution < 1.29 is 0 Å². The summed E-state index contributed by atoms with van der Waals surface area (Å²) in [4.78, 5) is 0. The Hall–Kier alpha value is 0.230. The van der Waals surface area contributed by atoms with E-state index in [0.29, 0.717) is 0 Å². The molecule has 0 nitrogen and oxygen atoms in total. The Bertz CT molecular complexity index is 766. The van der Waals surface area contributed by atoms with Crippen LogP contribution in [0.5, 0.6) is 0 Å². The fourth-order valence-corrected chi connectivity index (χ4v) is 5.65. The average Bonchev–Trinajstić information content (AvgIpc) is 2.73. The Labute approximate surface area is 169 Å². The molecule has 0 spiro atoms. The number of hydrogen-bond acceptors (Lipinski definition) is 1. The molecule has 3 rings (SSSR count). The van der Waals surface area contributed by atoms with Gasteiger partial charge in [-0.15, -0.1) is 0 Å². The zero-order valence-corrected chi connectivity index (χ0v) is 18.9. The summed E-state index contributed by atoms with van der Waals surface area (Å²) < 4.78 is 3.33. The lowest BCUT2D eigenvalue weighted by molar-refractivity contribution is 0.654. The van der Waals surface area contributed by atoms with Gasteiger partial charge in [-0.3, -0.25) is 0 Å². The van der Waals surface area contributed by atoms with E-state index < -0.39 is 0 Å². The Kier molecular flexibility index (Phi) is 5.38. The standard InChI is InChI=1S/C19H19Br3S/c1-19(2)14-9-11(5-3-4-8-23)6-7-12(14)13-10-15(20)17(21)18(22)16(13)19/h6-7,9-10,23H,3-5,8H2,1-2H3. The van der Waals surface area contributed by atoms with E-state index in [9.17, 15) is 0 Å². The van der Waals surface area contributed by atoms with Gasteiger partial charge in [0.05, 0.1) is 0 Å². The molecule has 2 aromatic carbocycles. The Morgan fingerprint density at radius 2 is 1.70 bits per heavy atom. The van der Waals surface area contributed by atoms with Crippen LogP contribution in [0.2, 0.25) is 0 Å². The van der Waals surface area contributed by atoms with Crippen LogP contribution in [0.4, 0.5) is 0 Å². The molecule has 0 fully saturated rings. The summed E-state index contributed by atoms with van der Waals surface area (Å²) in [5.41, 5.74) is 6.93. The third kappa shape index (κ3) is 3.09. The number of thiol groups is 1. The number of hydrogen-bond donors (Lipinski definition) is 1. The highest BCUT2D eigenvalue weighted by Gasteiger charge is 2.38. The summed E-state index contributed by atoms with van der Waals surface area (Å²) in [6, 6.07) is 9.22. The molecule has 0 radical (unpaired) electrons. The van der Waals surface area contributed by atoms with Gasteiger partial charge in [0, 0.05) is 18.8 Å². The molecule has 2 aromatic rings. The molecule has 0 saturated carbocycles. The summed E-state index contributed by atoms with van der Waals surface area (Å²) in [7, 11) is 0. The molecule has 122 valence electrons. The normalized spacial score (nSPS) is 14.7. The van der Waals surface area contributed by atoms with Crippen molar-refractivity contribution in [1.29, 1.82) is 0 Å². The lowest BCUT2D eigenvalue weighted by Gasteiger charge is -2.24. The van der Waals surface area contributed by atoms with E-state index in [2.05, 4.69) is 98.5 Å². The first-order chi connectivity index (χ1) is 10.9. The first kappa shape index (κ1) is 18.0. The van der Waals surface area contributed by atoms with Crippen molar-refractivity contribution in [3.63, 3.8) is 0 Å². The SMILES string of the molecule is CC1(C)c2cc(CCCCS)ccc2-c2cc(Br)c(Br)c(Br)c21. The number of halogens is 3. The van der Waals surface area contributed by atoms with Crippen LogP contribution in [0, 0.1) is 0 Å². The smallest absolute Gasteiger partial charge is 0.0463 e. The highest BCUT2D eigenvalue weighted by atomic mass is 79.9. The highest BCUT2D eigenvalue weighted by Crippen LogP contribution is 2.54. The van der Waals surface area contributed by atoms with Gasteiger partial charge >= 0.3 is 0 Å². The van der Waals surface area contributed by atoms with E-state index in [-0.39, 0.29) is 5.41 Å². The first-order valence-electron chi connectivity index (χ1n) is 7.80. The number of rotatable bonds is 4. The average molecular weight is 519 g/mol. The topological polar surface area (TPSA) is 0 Å². The fraction of sp³-hybridized carbons (Fsp3) is 0.368. The summed E-state index contributed by atoms with van der Waals surface area (Å²) >= 11 is 15.5. The largest absolute Gasteiger partial charge is 0.179 e. The van der Waals surface area contributed by atoms with Crippen LogP contribution in [0.3, 0.4) is 0 Å². The van der Waals surface area contributed by atoms with Gasteiger partial charge in [0.25, 0.3) is 0 Å². The molecule has 0 aromatic heterocycles. The fourth-order valence-electron chi connectivity index (χ4n) is 3.49. The predicted octanol–water partition coefficient (Wildman–Crippen LogP) is 7.53. The molecule has 0 aliphatic heterocycles. The minimum absolute atomic E-state index is 0.00623. The lowest BCUT2D eigenvalue weighted by Crippen LogP contribution is -2.16. The molecule has 0 atom stereocenters. The number of benzene rings is 2. The monoisotopic (exact) mass is 516 g/mol. The Morgan fingerprint density at radius 1 is 0.957 bits per heavy atom. The lowest BCUT2D eigenvalue weighted by atomic mass is 9.82. The van der Waals surface area contributed by atoms with E-state index >= 15 is 0 Å². The van der Waals surface area contributed by atoms with Gasteiger partial charge in [0.2, 0.25) is 0 Å². The van der Waals surface area contributed by atoms with Gasteiger partial charge in [-0.25, -0.2) is 0 Å². The van der Waals surface area contributed by atoms with E-state index in [1.165, 1.54) is 40.7 Å². The molecule has 0 N–H and O–H groups in total. The van der Waals surface area contributed by atoms with Crippen LogP contribution in [0.15, 0.2) is 37.7 Å². The second-order valence-corrected chi connectivity index (χ2v) is 9.48. The zero-order valence-electron chi connectivity index (χ0n) is 13.2. The van der Waals surface area contributed by atoms with Crippen molar-refractivity contribution >= 4 is 60.4 Å². The minimum atomic E-state index is 0.00623. The molecule has 0 amide bonds. The molecule has 4 heteroatoms. The second kappa shape index (κ2) is 6.86. The van der Waals surface area contributed by atoms with Gasteiger partial charge in [-0.1, -0.05) is 32.0 Å². The van der Waals surface area contributed by atoms with Crippen molar-refractivity contribution in [3.05, 3.63) is 54.4 Å². The van der Waals surface area contributed by atoms with Gasteiger partial charge in [-0.05, 0) is 107 Å². The third-order valence-corrected chi connectivity index (χ3v) is 8.33. The van der Waals surface area contributed by atoms with E-state index in [1.807, 2.05) is 0 Å². The van der Waals surface area contributed by atoms with Crippen LogP contribution < -0.4 is 0 Å². The molecule has 1 aliphatic rings. The van der Waals surface area contributed by atoms with Crippen LogP contribution in [-0.4, -0.2) is 5.75 Å².